The number of nitrogens with two attached hydrogens (primary N) is 1. The molecule has 5 heteroatoms. The molecule has 1 aromatic heterocycles. The Labute approximate surface area is 74.2 Å². The maximum Gasteiger partial charge on any atom is 0.282 e. The minimum atomic E-state index is -2.54. The minimum absolute atomic E-state index is 0.224. The van der Waals surface area contributed by atoms with Crippen molar-refractivity contribution in [3.8, 4) is 0 Å². The Morgan fingerprint density at radius 2 is 2.08 bits per heavy atom. The number of alkyl halides is 2. The Morgan fingerprint density at radius 1 is 1.38 bits per heavy atom. The van der Waals surface area contributed by atoms with E-state index >= 15 is 0 Å². The smallest absolute Gasteiger partial charge is 0.282 e. The second kappa shape index (κ2) is 2.55. The Kier molecular flexibility index (Phi) is 1.61. The van der Waals surface area contributed by atoms with Gasteiger partial charge in [-0.3, -0.25) is 0 Å². The highest BCUT2D eigenvalue weighted by Crippen LogP contribution is 2.31. The van der Waals surface area contributed by atoms with Crippen LogP contribution in [0.4, 0.5) is 20.3 Å². The molecule has 0 atom stereocenters. The third-order valence-electron chi connectivity index (χ3n) is 1.98. The van der Waals surface area contributed by atoms with Gasteiger partial charge in [0.15, 0.2) is 0 Å². The lowest BCUT2D eigenvalue weighted by molar-refractivity contribution is -0.0262. The molecule has 1 saturated heterocycles. The third kappa shape index (κ3) is 1.54. The monoisotopic (exact) mass is 185 g/mol. The molecule has 1 aromatic rings. The van der Waals surface area contributed by atoms with Crippen LogP contribution in [0.3, 0.4) is 0 Å². The maximum atomic E-state index is 12.5. The van der Waals surface area contributed by atoms with Gasteiger partial charge in [0.05, 0.1) is 25.0 Å². The summed E-state index contributed by atoms with van der Waals surface area (Å²) in [6, 6.07) is 3.30. The van der Waals surface area contributed by atoms with Crippen molar-refractivity contribution in [2.45, 2.75) is 5.92 Å². The van der Waals surface area contributed by atoms with Gasteiger partial charge in [-0.2, -0.15) is 0 Å². The molecular formula is C8H9F2N3. The molecular weight excluding hydrogens is 176 g/mol. The molecule has 0 aliphatic carbocycles. The van der Waals surface area contributed by atoms with Crippen LogP contribution < -0.4 is 10.6 Å². The standard InChI is InChI=1S/C8H9F2N3/c9-8(10)4-13(5-8)6-1-2-7(11)12-3-6/h1-3H,4-5H2,(H2,11,12). The van der Waals surface area contributed by atoms with Crippen molar-refractivity contribution in [2.24, 2.45) is 0 Å². The van der Waals surface area contributed by atoms with E-state index in [0.29, 0.717) is 11.5 Å². The van der Waals surface area contributed by atoms with E-state index in [-0.39, 0.29) is 13.1 Å². The lowest BCUT2D eigenvalue weighted by Crippen LogP contribution is -2.56. The molecule has 70 valence electrons. The molecule has 2 heterocycles. The van der Waals surface area contributed by atoms with Gasteiger partial charge >= 0.3 is 0 Å². The minimum Gasteiger partial charge on any atom is -0.384 e. The van der Waals surface area contributed by atoms with Crippen LogP contribution >= 0.6 is 0 Å². The second-order valence-electron chi connectivity index (χ2n) is 3.15. The summed E-state index contributed by atoms with van der Waals surface area (Å²) in [5.74, 6) is -2.14. The van der Waals surface area contributed by atoms with E-state index in [4.69, 9.17) is 5.73 Å². The zero-order chi connectivity index (χ0) is 9.47. The van der Waals surface area contributed by atoms with Crippen LogP contribution in [0.5, 0.6) is 0 Å². The highest BCUT2D eigenvalue weighted by atomic mass is 19.3. The molecule has 1 aliphatic heterocycles. The zero-order valence-corrected chi connectivity index (χ0v) is 6.87. The number of pyridine rings is 1. The van der Waals surface area contributed by atoms with Crippen LogP contribution in [-0.4, -0.2) is 24.0 Å². The van der Waals surface area contributed by atoms with E-state index in [1.54, 1.807) is 17.0 Å². The highest BCUT2D eigenvalue weighted by Gasteiger charge is 2.43. The number of rotatable bonds is 1. The summed E-state index contributed by atoms with van der Waals surface area (Å²) in [7, 11) is 0. The van der Waals surface area contributed by atoms with Crippen LogP contribution in [0.1, 0.15) is 0 Å². The van der Waals surface area contributed by atoms with Gasteiger partial charge in [0.2, 0.25) is 0 Å². The van der Waals surface area contributed by atoms with E-state index in [2.05, 4.69) is 4.98 Å². The van der Waals surface area contributed by atoms with Crippen LogP contribution in [0.15, 0.2) is 18.3 Å². The third-order valence-corrected chi connectivity index (χ3v) is 1.98. The molecule has 2 N–H and O–H groups in total. The van der Waals surface area contributed by atoms with Gasteiger partial charge < -0.3 is 10.6 Å². The molecule has 1 fully saturated rings. The van der Waals surface area contributed by atoms with Crippen molar-refractivity contribution in [1.29, 1.82) is 0 Å². The SMILES string of the molecule is Nc1ccc(N2CC(F)(F)C2)cn1. The van der Waals surface area contributed by atoms with E-state index in [1.807, 2.05) is 0 Å². The summed E-state index contributed by atoms with van der Waals surface area (Å²) in [5, 5.41) is 0. The van der Waals surface area contributed by atoms with E-state index < -0.39 is 5.92 Å². The van der Waals surface area contributed by atoms with Crippen molar-refractivity contribution in [1.82, 2.24) is 4.98 Å². The van der Waals surface area contributed by atoms with E-state index in [0.717, 1.165) is 0 Å². The Hall–Kier alpha value is -1.39. The van der Waals surface area contributed by atoms with Crippen molar-refractivity contribution >= 4 is 11.5 Å². The summed E-state index contributed by atoms with van der Waals surface area (Å²) in [6.45, 7) is -0.447. The van der Waals surface area contributed by atoms with Gasteiger partial charge in [0, 0.05) is 0 Å². The Bertz CT molecular complexity index is 302. The van der Waals surface area contributed by atoms with Crippen LogP contribution in [0.25, 0.3) is 0 Å². The fourth-order valence-corrected chi connectivity index (χ4v) is 1.28. The number of nitrogen functional groups attached to an aromatic ring is 1. The van der Waals surface area contributed by atoms with Crippen LogP contribution in [-0.2, 0) is 0 Å². The number of halogens is 2. The molecule has 0 bridgehead atoms. The second-order valence-corrected chi connectivity index (χ2v) is 3.15. The Balaban J connectivity index is 2.08. The van der Waals surface area contributed by atoms with Gasteiger partial charge in [-0.1, -0.05) is 0 Å². The molecule has 2 rings (SSSR count). The molecule has 0 radical (unpaired) electrons. The predicted octanol–water partition coefficient (Wildman–Crippen LogP) is 1.12. The summed E-state index contributed by atoms with van der Waals surface area (Å²) < 4.78 is 24.9. The van der Waals surface area contributed by atoms with Crippen molar-refractivity contribution < 1.29 is 8.78 Å². The van der Waals surface area contributed by atoms with Gasteiger partial charge in [-0.25, -0.2) is 13.8 Å². The number of hydrogen-bond acceptors (Lipinski definition) is 3. The molecule has 13 heavy (non-hydrogen) atoms. The van der Waals surface area contributed by atoms with Gasteiger partial charge in [-0.05, 0) is 12.1 Å². The topological polar surface area (TPSA) is 42.1 Å². The first-order valence-corrected chi connectivity index (χ1v) is 3.91. The van der Waals surface area contributed by atoms with E-state index in [9.17, 15) is 8.78 Å². The molecule has 3 nitrogen and oxygen atoms in total. The zero-order valence-electron chi connectivity index (χ0n) is 6.87. The van der Waals surface area contributed by atoms with Gasteiger partial charge in [0.25, 0.3) is 5.92 Å². The normalized spacial score (nSPS) is 19.7. The molecule has 0 spiro atoms. The molecule has 1 aliphatic rings. The molecule has 0 aromatic carbocycles. The van der Waals surface area contributed by atoms with Crippen molar-refractivity contribution in [3.05, 3.63) is 18.3 Å². The highest BCUT2D eigenvalue weighted by molar-refractivity contribution is 5.50. The number of anilines is 2. The first kappa shape index (κ1) is 8.22. The van der Waals surface area contributed by atoms with Gasteiger partial charge in [-0.15, -0.1) is 0 Å². The maximum absolute atomic E-state index is 12.5. The Morgan fingerprint density at radius 3 is 2.54 bits per heavy atom. The predicted molar refractivity (Wildman–Crippen MR) is 45.8 cm³/mol. The average Bonchev–Trinajstić information content (AvgIpc) is 2.01. The fraction of sp³-hybridized carbons (Fsp3) is 0.375. The summed E-state index contributed by atoms with van der Waals surface area (Å²) >= 11 is 0. The first-order valence-electron chi connectivity index (χ1n) is 3.91. The molecule has 0 unspecified atom stereocenters. The average molecular weight is 185 g/mol. The lowest BCUT2D eigenvalue weighted by Gasteiger charge is -2.40. The van der Waals surface area contributed by atoms with Gasteiger partial charge in [0.1, 0.15) is 5.82 Å². The lowest BCUT2D eigenvalue weighted by atomic mass is 10.1. The largest absolute Gasteiger partial charge is 0.384 e. The summed E-state index contributed by atoms with van der Waals surface area (Å²) in [6.07, 6.45) is 1.50. The molecule has 0 amide bonds. The number of aromatic nitrogens is 1. The quantitative estimate of drug-likeness (QED) is 0.712. The fourth-order valence-electron chi connectivity index (χ4n) is 1.28. The first-order chi connectivity index (χ1) is 6.07. The number of nitrogens with zero attached hydrogens (tertiary/aromatic N) is 2. The van der Waals surface area contributed by atoms with E-state index in [1.165, 1.54) is 6.20 Å². The summed E-state index contributed by atoms with van der Waals surface area (Å²) in [5.41, 5.74) is 6.06. The van der Waals surface area contributed by atoms with Crippen molar-refractivity contribution in [3.63, 3.8) is 0 Å². The number of hydrogen-bond donors (Lipinski definition) is 1. The van der Waals surface area contributed by atoms with Crippen molar-refractivity contribution in [2.75, 3.05) is 23.7 Å². The summed E-state index contributed by atoms with van der Waals surface area (Å²) in [4.78, 5) is 5.38. The molecule has 0 saturated carbocycles. The van der Waals surface area contributed by atoms with Crippen LogP contribution in [0.2, 0.25) is 0 Å². The van der Waals surface area contributed by atoms with Crippen LogP contribution in [0, 0.1) is 0 Å².